The summed E-state index contributed by atoms with van der Waals surface area (Å²) in [5.41, 5.74) is 2.88. The van der Waals surface area contributed by atoms with Crippen LogP contribution in [-0.4, -0.2) is 13.0 Å². The van der Waals surface area contributed by atoms with Crippen molar-refractivity contribution in [2.75, 3.05) is 17.3 Å². The summed E-state index contributed by atoms with van der Waals surface area (Å²) in [6, 6.07) is 20.8. The first-order valence-corrected chi connectivity index (χ1v) is 8.26. The fourth-order valence-corrected chi connectivity index (χ4v) is 3.14. The number of rotatable bonds is 3. The first-order valence-electron chi connectivity index (χ1n) is 8.26. The molecule has 0 fully saturated rings. The number of amides is 1. The third kappa shape index (κ3) is 2.77. The van der Waals surface area contributed by atoms with Crippen LogP contribution in [0.2, 0.25) is 0 Å². The number of carbonyl (C=O) groups is 1. The molecule has 1 aliphatic rings. The molecule has 4 nitrogen and oxygen atoms in total. The fourth-order valence-electron chi connectivity index (χ4n) is 3.14. The summed E-state index contributed by atoms with van der Waals surface area (Å²) in [4.78, 5) is 14.8. The van der Waals surface area contributed by atoms with Gasteiger partial charge in [0.05, 0.1) is 12.7 Å². The van der Waals surface area contributed by atoms with E-state index in [1.165, 1.54) is 12.1 Å². The summed E-state index contributed by atoms with van der Waals surface area (Å²) in [7, 11) is 1.61. The molecule has 4 rings (SSSR count). The second-order valence-corrected chi connectivity index (χ2v) is 6.02. The van der Waals surface area contributed by atoms with E-state index in [2.05, 4.69) is 5.32 Å². The highest BCUT2D eigenvalue weighted by atomic mass is 19.1. The second kappa shape index (κ2) is 6.52. The molecule has 1 heterocycles. The zero-order valence-corrected chi connectivity index (χ0v) is 14.1. The van der Waals surface area contributed by atoms with Crippen LogP contribution in [0.5, 0.6) is 5.75 Å². The van der Waals surface area contributed by atoms with Crippen molar-refractivity contribution in [1.29, 1.82) is 0 Å². The van der Waals surface area contributed by atoms with Gasteiger partial charge < -0.3 is 10.1 Å². The third-order valence-corrected chi connectivity index (χ3v) is 4.46. The maximum Gasteiger partial charge on any atom is 0.262 e. The molecule has 0 saturated carbocycles. The topological polar surface area (TPSA) is 41.6 Å². The lowest BCUT2D eigenvalue weighted by Gasteiger charge is -2.38. The van der Waals surface area contributed by atoms with Crippen molar-refractivity contribution < 1.29 is 13.9 Å². The molecule has 1 atom stereocenters. The number of methoxy groups -OCH3 is 1. The monoisotopic (exact) mass is 348 g/mol. The average molecular weight is 348 g/mol. The molecule has 1 aliphatic heterocycles. The van der Waals surface area contributed by atoms with Gasteiger partial charge in [-0.05, 0) is 54.1 Å². The number of fused-ring (bicyclic) bond motifs is 1. The van der Waals surface area contributed by atoms with Crippen molar-refractivity contribution in [1.82, 2.24) is 0 Å². The van der Waals surface area contributed by atoms with Gasteiger partial charge in [-0.25, -0.2) is 4.39 Å². The molecule has 0 radical (unpaired) electrons. The molecule has 0 saturated heterocycles. The van der Waals surface area contributed by atoms with Crippen LogP contribution in [0.3, 0.4) is 0 Å². The minimum atomic E-state index is -0.409. The number of ether oxygens (including phenoxy) is 1. The average Bonchev–Trinajstić information content (AvgIpc) is 2.69. The molecular weight excluding hydrogens is 331 g/mol. The van der Waals surface area contributed by atoms with Gasteiger partial charge in [-0.2, -0.15) is 0 Å². The largest absolute Gasteiger partial charge is 0.497 e. The molecule has 3 aromatic rings. The number of benzene rings is 3. The van der Waals surface area contributed by atoms with Gasteiger partial charge in [0.2, 0.25) is 0 Å². The van der Waals surface area contributed by atoms with E-state index in [9.17, 15) is 9.18 Å². The van der Waals surface area contributed by atoms with Crippen LogP contribution in [0, 0.1) is 5.82 Å². The lowest BCUT2D eigenvalue weighted by atomic mass is 10.0. The summed E-state index contributed by atoms with van der Waals surface area (Å²) in [6.45, 7) is 0. The zero-order valence-electron chi connectivity index (χ0n) is 14.1. The number of hydrogen-bond donors (Lipinski definition) is 1. The third-order valence-electron chi connectivity index (χ3n) is 4.46. The van der Waals surface area contributed by atoms with Crippen LogP contribution in [0.25, 0.3) is 0 Å². The van der Waals surface area contributed by atoms with Gasteiger partial charge in [0, 0.05) is 11.4 Å². The van der Waals surface area contributed by atoms with E-state index < -0.39 is 6.17 Å². The molecule has 0 aliphatic carbocycles. The van der Waals surface area contributed by atoms with Crippen molar-refractivity contribution in [2.45, 2.75) is 6.17 Å². The first-order chi connectivity index (χ1) is 12.7. The molecule has 0 unspecified atom stereocenters. The van der Waals surface area contributed by atoms with Crippen LogP contribution in [0.4, 0.5) is 15.8 Å². The molecular formula is C21H17FN2O2. The Morgan fingerprint density at radius 1 is 0.962 bits per heavy atom. The molecule has 26 heavy (non-hydrogen) atoms. The number of carbonyl (C=O) groups excluding carboxylic acids is 1. The van der Waals surface area contributed by atoms with Crippen molar-refractivity contribution in [3.63, 3.8) is 0 Å². The second-order valence-electron chi connectivity index (χ2n) is 6.02. The van der Waals surface area contributed by atoms with Crippen LogP contribution in [-0.2, 0) is 0 Å². The number of para-hydroxylation sites is 1. The number of nitrogens with zero attached hydrogens (tertiary/aromatic N) is 1. The van der Waals surface area contributed by atoms with Crippen molar-refractivity contribution in [2.24, 2.45) is 0 Å². The Balaban J connectivity index is 1.82. The zero-order chi connectivity index (χ0) is 18.1. The molecule has 1 N–H and O–H groups in total. The van der Waals surface area contributed by atoms with E-state index >= 15 is 0 Å². The number of anilines is 2. The fraction of sp³-hybridized carbons (Fsp3) is 0.0952. The van der Waals surface area contributed by atoms with Gasteiger partial charge in [0.25, 0.3) is 5.91 Å². The van der Waals surface area contributed by atoms with Crippen LogP contribution in [0.1, 0.15) is 22.1 Å². The van der Waals surface area contributed by atoms with E-state index in [-0.39, 0.29) is 11.7 Å². The summed E-state index contributed by atoms with van der Waals surface area (Å²) in [6.07, 6.45) is -0.409. The molecule has 1 amide bonds. The van der Waals surface area contributed by atoms with E-state index in [1.807, 2.05) is 42.5 Å². The summed E-state index contributed by atoms with van der Waals surface area (Å²) < 4.78 is 18.6. The van der Waals surface area contributed by atoms with E-state index in [0.717, 1.165) is 17.0 Å². The minimum Gasteiger partial charge on any atom is -0.497 e. The molecule has 0 spiro atoms. The Bertz CT molecular complexity index is 939. The van der Waals surface area contributed by atoms with Crippen molar-refractivity contribution in [3.05, 3.63) is 89.7 Å². The van der Waals surface area contributed by atoms with Gasteiger partial charge in [0.15, 0.2) is 0 Å². The van der Waals surface area contributed by atoms with Crippen molar-refractivity contribution >= 4 is 17.3 Å². The van der Waals surface area contributed by atoms with Gasteiger partial charge >= 0.3 is 0 Å². The van der Waals surface area contributed by atoms with Crippen LogP contribution < -0.4 is 15.0 Å². The maximum absolute atomic E-state index is 13.4. The Hall–Kier alpha value is -3.34. The molecule has 0 bridgehead atoms. The Morgan fingerprint density at radius 3 is 2.35 bits per heavy atom. The number of nitrogens with one attached hydrogen (secondary N) is 1. The first kappa shape index (κ1) is 16.1. The SMILES string of the molecule is COc1ccc([C@H]2Nc3ccccc3C(=O)N2c2ccc(F)cc2)cc1. The van der Waals surface area contributed by atoms with Crippen LogP contribution in [0.15, 0.2) is 72.8 Å². The highest BCUT2D eigenvalue weighted by Crippen LogP contribution is 2.36. The molecule has 5 heteroatoms. The summed E-state index contributed by atoms with van der Waals surface area (Å²) >= 11 is 0. The Morgan fingerprint density at radius 2 is 1.65 bits per heavy atom. The minimum absolute atomic E-state index is 0.133. The highest BCUT2D eigenvalue weighted by molar-refractivity contribution is 6.12. The van der Waals surface area contributed by atoms with Gasteiger partial charge in [0.1, 0.15) is 17.7 Å². The predicted molar refractivity (Wildman–Crippen MR) is 99.0 cm³/mol. The van der Waals surface area contributed by atoms with Gasteiger partial charge in [-0.15, -0.1) is 0 Å². The van der Waals surface area contributed by atoms with Crippen molar-refractivity contribution in [3.8, 4) is 5.75 Å². The molecule has 130 valence electrons. The van der Waals surface area contributed by atoms with E-state index in [4.69, 9.17) is 4.74 Å². The van der Waals surface area contributed by atoms with Gasteiger partial charge in [-0.3, -0.25) is 9.69 Å². The van der Waals surface area contributed by atoms with Gasteiger partial charge in [-0.1, -0.05) is 24.3 Å². The number of hydrogen-bond acceptors (Lipinski definition) is 3. The maximum atomic E-state index is 13.4. The lowest BCUT2D eigenvalue weighted by Crippen LogP contribution is -2.43. The quantitative estimate of drug-likeness (QED) is 0.752. The Labute approximate surface area is 150 Å². The summed E-state index contributed by atoms with van der Waals surface area (Å²) in [5.74, 6) is 0.268. The number of halogens is 1. The van der Waals surface area contributed by atoms with Crippen LogP contribution >= 0.6 is 0 Å². The van der Waals surface area contributed by atoms with E-state index in [0.29, 0.717) is 11.3 Å². The lowest BCUT2D eigenvalue weighted by molar-refractivity contribution is 0.0975. The molecule has 3 aromatic carbocycles. The standard InChI is InChI=1S/C21H17FN2O2/c1-26-17-12-6-14(7-13-17)20-23-19-5-3-2-4-18(19)21(25)24(20)16-10-8-15(22)9-11-16/h2-13,20,23H,1H3/t20-/m0/s1. The summed E-state index contributed by atoms with van der Waals surface area (Å²) in [5, 5.41) is 3.41. The Kier molecular flexibility index (Phi) is 4.05. The molecule has 0 aromatic heterocycles. The normalized spacial score (nSPS) is 16.0. The predicted octanol–water partition coefficient (Wildman–Crippen LogP) is 4.61. The smallest absolute Gasteiger partial charge is 0.262 e. The highest BCUT2D eigenvalue weighted by Gasteiger charge is 2.33. The van der Waals surface area contributed by atoms with E-state index in [1.54, 1.807) is 30.2 Å².